The fourth-order valence-corrected chi connectivity index (χ4v) is 3.29. The third-order valence-corrected chi connectivity index (χ3v) is 4.64. The monoisotopic (exact) mass is 329 g/mol. The Hall–Kier alpha value is -2.17. The van der Waals surface area contributed by atoms with Crippen molar-refractivity contribution >= 4 is 17.9 Å². The lowest BCUT2D eigenvalue weighted by Crippen LogP contribution is -2.60. The minimum absolute atomic E-state index is 0.0512. The van der Waals surface area contributed by atoms with Gasteiger partial charge in [0.2, 0.25) is 11.8 Å². The van der Waals surface area contributed by atoms with E-state index in [1.54, 1.807) is 18.5 Å². The summed E-state index contributed by atoms with van der Waals surface area (Å²) in [6, 6.07) is 3.71. The maximum Gasteiger partial charge on any atom is 0.248 e. The van der Waals surface area contributed by atoms with Gasteiger partial charge in [-0.25, -0.2) is 0 Å². The van der Waals surface area contributed by atoms with E-state index in [9.17, 15) is 9.59 Å². The van der Waals surface area contributed by atoms with E-state index < -0.39 is 5.54 Å². The van der Waals surface area contributed by atoms with Gasteiger partial charge < -0.3 is 10.2 Å². The molecule has 2 amide bonds. The number of rotatable bonds is 6. The third-order valence-electron chi connectivity index (χ3n) is 4.64. The minimum atomic E-state index is -0.749. The van der Waals surface area contributed by atoms with Crippen molar-refractivity contribution in [2.75, 3.05) is 13.1 Å². The molecule has 1 saturated carbocycles. The topological polar surface area (TPSA) is 62.3 Å². The summed E-state index contributed by atoms with van der Waals surface area (Å²) in [5.74, 6) is -0.170. The Morgan fingerprint density at radius 3 is 2.54 bits per heavy atom. The number of pyridine rings is 1. The standard InChI is InChI=1S/C19H27N3O2/c1-3-22(4-2)18(24)19(12-6-5-7-13-19)21-17(23)11-10-16-9-8-14-20-15-16/h8-11,14-15H,3-7,12-13H2,1-2H3,(H,21,23)/b11-10-. The lowest BCUT2D eigenvalue weighted by molar-refractivity contribution is -0.142. The first-order valence-electron chi connectivity index (χ1n) is 8.81. The molecule has 2 rings (SSSR count). The molecule has 0 aliphatic heterocycles. The van der Waals surface area contributed by atoms with Crippen LogP contribution >= 0.6 is 0 Å². The average Bonchev–Trinajstić information content (AvgIpc) is 2.62. The molecule has 24 heavy (non-hydrogen) atoms. The summed E-state index contributed by atoms with van der Waals surface area (Å²) in [7, 11) is 0. The van der Waals surface area contributed by atoms with E-state index in [1.807, 2.05) is 30.9 Å². The van der Waals surface area contributed by atoms with Crippen molar-refractivity contribution in [3.63, 3.8) is 0 Å². The molecule has 0 bridgehead atoms. The molecule has 0 saturated heterocycles. The summed E-state index contributed by atoms with van der Waals surface area (Å²) in [6.07, 6.45) is 11.1. The summed E-state index contributed by atoms with van der Waals surface area (Å²) in [5, 5.41) is 3.01. The number of nitrogens with zero attached hydrogens (tertiary/aromatic N) is 2. The summed E-state index contributed by atoms with van der Waals surface area (Å²) in [5.41, 5.74) is 0.112. The largest absolute Gasteiger partial charge is 0.341 e. The molecule has 5 heteroatoms. The summed E-state index contributed by atoms with van der Waals surface area (Å²) < 4.78 is 0. The molecule has 5 nitrogen and oxygen atoms in total. The van der Waals surface area contributed by atoms with Crippen molar-refractivity contribution < 1.29 is 9.59 Å². The number of hydrogen-bond acceptors (Lipinski definition) is 3. The van der Waals surface area contributed by atoms with Gasteiger partial charge in [0.1, 0.15) is 5.54 Å². The summed E-state index contributed by atoms with van der Waals surface area (Å²) >= 11 is 0. The van der Waals surface area contributed by atoms with Crippen LogP contribution in [0.25, 0.3) is 6.08 Å². The molecule has 1 aromatic heterocycles. The van der Waals surface area contributed by atoms with Gasteiger partial charge in [0, 0.05) is 31.6 Å². The minimum Gasteiger partial charge on any atom is -0.341 e. The van der Waals surface area contributed by atoms with Crippen LogP contribution in [-0.4, -0.2) is 40.3 Å². The maximum atomic E-state index is 13.0. The van der Waals surface area contributed by atoms with Crippen LogP contribution < -0.4 is 5.32 Å². The van der Waals surface area contributed by atoms with Crippen LogP contribution in [0.5, 0.6) is 0 Å². The molecule has 0 radical (unpaired) electrons. The summed E-state index contributed by atoms with van der Waals surface area (Å²) in [6.45, 7) is 5.28. The van der Waals surface area contributed by atoms with Gasteiger partial charge in [0.05, 0.1) is 0 Å². The van der Waals surface area contributed by atoms with Gasteiger partial charge in [0.25, 0.3) is 0 Å². The van der Waals surface area contributed by atoms with E-state index in [1.165, 1.54) is 6.08 Å². The SMILES string of the molecule is CCN(CC)C(=O)C1(NC(=O)/C=C\c2cccnc2)CCCCC1. The van der Waals surface area contributed by atoms with Crippen molar-refractivity contribution in [1.29, 1.82) is 0 Å². The van der Waals surface area contributed by atoms with Gasteiger partial charge in [-0.1, -0.05) is 25.3 Å². The molecular formula is C19H27N3O2. The second kappa shape index (κ2) is 8.62. The van der Waals surface area contributed by atoms with E-state index in [-0.39, 0.29) is 11.8 Å². The Kier molecular flexibility index (Phi) is 6.53. The molecule has 0 aromatic carbocycles. The quantitative estimate of drug-likeness (QED) is 0.816. The fraction of sp³-hybridized carbons (Fsp3) is 0.526. The van der Waals surface area contributed by atoms with Crippen molar-refractivity contribution in [3.8, 4) is 0 Å². The lowest BCUT2D eigenvalue weighted by atomic mass is 9.80. The average molecular weight is 329 g/mol. The van der Waals surface area contributed by atoms with Crippen LogP contribution in [0.2, 0.25) is 0 Å². The second-order valence-electron chi connectivity index (χ2n) is 6.23. The van der Waals surface area contributed by atoms with Crippen molar-refractivity contribution in [2.24, 2.45) is 0 Å². The van der Waals surface area contributed by atoms with Gasteiger partial charge in [0.15, 0.2) is 0 Å². The third kappa shape index (κ3) is 4.43. The molecule has 1 N–H and O–H groups in total. The second-order valence-corrected chi connectivity index (χ2v) is 6.23. The van der Waals surface area contributed by atoms with E-state index in [2.05, 4.69) is 10.3 Å². The predicted octanol–water partition coefficient (Wildman–Crippen LogP) is 2.78. The highest BCUT2D eigenvalue weighted by Crippen LogP contribution is 2.30. The number of aromatic nitrogens is 1. The zero-order chi connectivity index (χ0) is 17.4. The molecule has 130 valence electrons. The van der Waals surface area contributed by atoms with Gasteiger partial charge >= 0.3 is 0 Å². The first kappa shape index (κ1) is 18.2. The molecule has 1 aliphatic rings. The van der Waals surface area contributed by atoms with Crippen molar-refractivity contribution in [1.82, 2.24) is 15.2 Å². The van der Waals surface area contributed by atoms with Crippen LogP contribution in [0.4, 0.5) is 0 Å². The molecule has 1 aliphatic carbocycles. The molecular weight excluding hydrogens is 302 g/mol. The number of hydrogen-bond donors (Lipinski definition) is 1. The molecule has 1 heterocycles. The highest BCUT2D eigenvalue weighted by atomic mass is 16.2. The lowest BCUT2D eigenvalue weighted by Gasteiger charge is -2.39. The van der Waals surface area contributed by atoms with Crippen molar-refractivity contribution in [3.05, 3.63) is 36.2 Å². The van der Waals surface area contributed by atoms with Gasteiger partial charge in [-0.15, -0.1) is 0 Å². The highest BCUT2D eigenvalue weighted by molar-refractivity contribution is 5.97. The van der Waals surface area contributed by atoms with E-state index in [4.69, 9.17) is 0 Å². The van der Waals surface area contributed by atoms with Crippen LogP contribution in [0.15, 0.2) is 30.6 Å². The first-order chi connectivity index (χ1) is 11.6. The van der Waals surface area contributed by atoms with E-state index in [0.717, 1.165) is 37.7 Å². The van der Waals surface area contributed by atoms with Gasteiger partial charge in [-0.3, -0.25) is 14.6 Å². The molecule has 0 atom stereocenters. The maximum absolute atomic E-state index is 13.0. The Labute approximate surface area is 144 Å². The molecule has 0 unspecified atom stereocenters. The predicted molar refractivity (Wildman–Crippen MR) is 95.2 cm³/mol. The molecule has 1 aromatic rings. The Balaban J connectivity index is 2.12. The zero-order valence-corrected chi connectivity index (χ0v) is 14.6. The fourth-order valence-electron chi connectivity index (χ4n) is 3.29. The first-order valence-corrected chi connectivity index (χ1v) is 8.81. The number of likely N-dealkylation sites (N-methyl/N-ethyl adjacent to an activating group) is 1. The Morgan fingerprint density at radius 1 is 1.25 bits per heavy atom. The Bertz CT molecular complexity index is 574. The highest BCUT2D eigenvalue weighted by Gasteiger charge is 2.42. The zero-order valence-electron chi connectivity index (χ0n) is 14.6. The van der Waals surface area contributed by atoms with Gasteiger partial charge in [-0.2, -0.15) is 0 Å². The molecule has 1 fully saturated rings. The van der Waals surface area contributed by atoms with Crippen LogP contribution in [0.3, 0.4) is 0 Å². The number of nitrogens with one attached hydrogen (secondary N) is 1. The number of carbonyl (C=O) groups is 2. The summed E-state index contributed by atoms with van der Waals surface area (Å²) in [4.78, 5) is 31.2. The van der Waals surface area contributed by atoms with E-state index in [0.29, 0.717) is 13.1 Å². The Morgan fingerprint density at radius 2 is 1.96 bits per heavy atom. The van der Waals surface area contributed by atoms with Crippen LogP contribution in [0, 0.1) is 0 Å². The molecule has 0 spiro atoms. The normalized spacial score (nSPS) is 16.8. The van der Waals surface area contributed by atoms with E-state index >= 15 is 0 Å². The van der Waals surface area contributed by atoms with Crippen LogP contribution in [0.1, 0.15) is 51.5 Å². The number of carbonyl (C=O) groups excluding carboxylic acids is 2. The smallest absolute Gasteiger partial charge is 0.248 e. The van der Waals surface area contributed by atoms with Gasteiger partial charge in [-0.05, 0) is 44.4 Å². The number of amides is 2. The van der Waals surface area contributed by atoms with Crippen LogP contribution in [-0.2, 0) is 9.59 Å². The van der Waals surface area contributed by atoms with Crippen molar-refractivity contribution in [2.45, 2.75) is 51.5 Å².